The minimum absolute atomic E-state index is 0.0691. The summed E-state index contributed by atoms with van der Waals surface area (Å²) in [7, 11) is 0. The van der Waals surface area contributed by atoms with Crippen LogP contribution in [0.5, 0.6) is 11.5 Å². The minimum Gasteiger partial charge on any atom is -0.490 e. The zero-order valence-corrected chi connectivity index (χ0v) is 14.8. The molecule has 0 bridgehead atoms. The lowest BCUT2D eigenvalue weighted by Gasteiger charge is -2.14. The number of carbonyl (C=O) groups excluding carboxylic acids is 2. The molecule has 0 unspecified atom stereocenters. The van der Waals surface area contributed by atoms with Gasteiger partial charge in [-0.2, -0.15) is 0 Å². The van der Waals surface area contributed by atoms with Crippen molar-refractivity contribution in [3.8, 4) is 11.5 Å². The van der Waals surface area contributed by atoms with E-state index in [-0.39, 0.29) is 6.10 Å². The molecule has 2 aromatic rings. The number of carbonyl (C=O) groups is 2. The molecule has 6 heteroatoms. The normalized spacial score (nSPS) is 10.1. The van der Waals surface area contributed by atoms with Gasteiger partial charge in [-0.15, -0.1) is 0 Å². The number of benzene rings is 2. The van der Waals surface area contributed by atoms with Gasteiger partial charge in [-0.25, -0.2) is 0 Å². The van der Waals surface area contributed by atoms with Crippen molar-refractivity contribution in [1.29, 1.82) is 0 Å². The van der Waals surface area contributed by atoms with Crippen molar-refractivity contribution in [1.82, 2.24) is 10.9 Å². The van der Waals surface area contributed by atoms with Crippen LogP contribution in [-0.4, -0.2) is 24.5 Å². The third-order valence-corrected chi connectivity index (χ3v) is 3.27. The number of rotatable bonds is 7. The van der Waals surface area contributed by atoms with Gasteiger partial charge >= 0.3 is 0 Å². The maximum atomic E-state index is 12.3. The molecule has 0 aromatic heterocycles. The molecule has 0 saturated carbocycles. The van der Waals surface area contributed by atoms with Crippen LogP contribution in [0.25, 0.3) is 0 Å². The molecule has 0 spiro atoms. The zero-order chi connectivity index (χ0) is 18.9. The van der Waals surface area contributed by atoms with Gasteiger partial charge in [0.2, 0.25) is 0 Å². The maximum Gasteiger partial charge on any atom is 0.273 e. The predicted octanol–water partition coefficient (Wildman–Crippen LogP) is 3.11. The van der Waals surface area contributed by atoms with Crippen LogP contribution in [0, 0.1) is 0 Å². The Morgan fingerprint density at radius 3 is 2.35 bits per heavy atom. The number of hydrazine groups is 1. The Hall–Kier alpha value is -3.28. The van der Waals surface area contributed by atoms with E-state index in [2.05, 4.69) is 17.4 Å². The Bertz CT molecular complexity index is 770. The van der Waals surface area contributed by atoms with Crippen LogP contribution in [0.1, 0.15) is 34.6 Å². The third kappa shape index (κ3) is 5.37. The Balaban J connectivity index is 1.97. The fourth-order valence-electron chi connectivity index (χ4n) is 2.12. The third-order valence-electron chi connectivity index (χ3n) is 3.27. The average molecular weight is 354 g/mol. The molecule has 0 atom stereocenters. The first-order valence-electron chi connectivity index (χ1n) is 8.21. The molecular weight excluding hydrogens is 332 g/mol. The lowest BCUT2D eigenvalue weighted by molar-refractivity contribution is 0.0843. The summed E-state index contributed by atoms with van der Waals surface area (Å²) in [6.07, 6.45) is 1.57. The van der Waals surface area contributed by atoms with Crippen LogP contribution < -0.4 is 20.3 Å². The summed E-state index contributed by atoms with van der Waals surface area (Å²) in [5.74, 6) is 0.194. The molecule has 2 amide bonds. The highest BCUT2D eigenvalue weighted by molar-refractivity contribution is 6.00. The van der Waals surface area contributed by atoms with Crippen molar-refractivity contribution in [2.75, 3.05) is 6.61 Å². The van der Waals surface area contributed by atoms with Gasteiger partial charge in [0.1, 0.15) is 18.1 Å². The van der Waals surface area contributed by atoms with Gasteiger partial charge in [0, 0.05) is 5.56 Å². The van der Waals surface area contributed by atoms with Crippen molar-refractivity contribution in [3.05, 3.63) is 72.3 Å². The molecule has 0 heterocycles. The van der Waals surface area contributed by atoms with E-state index in [0.717, 1.165) is 0 Å². The van der Waals surface area contributed by atoms with Crippen molar-refractivity contribution < 1.29 is 19.1 Å². The predicted molar refractivity (Wildman–Crippen MR) is 99.3 cm³/mol. The van der Waals surface area contributed by atoms with Gasteiger partial charge in [-0.1, -0.05) is 24.8 Å². The molecular formula is C20H22N2O4. The largest absolute Gasteiger partial charge is 0.490 e. The summed E-state index contributed by atoms with van der Waals surface area (Å²) in [6.45, 7) is 7.71. The molecule has 136 valence electrons. The summed E-state index contributed by atoms with van der Waals surface area (Å²) in [5.41, 5.74) is 5.52. The summed E-state index contributed by atoms with van der Waals surface area (Å²) < 4.78 is 11.0. The van der Waals surface area contributed by atoms with Crippen molar-refractivity contribution in [2.45, 2.75) is 20.0 Å². The molecule has 0 radical (unpaired) electrons. The Morgan fingerprint density at radius 2 is 1.69 bits per heavy atom. The Kier molecular flexibility index (Phi) is 6.79. The van der Waals surface area contributed by atoms with Crippen molar-refractivity contribution >= 4 is 11.8 Å². The fraction of sp³-hybridized carbons (Fsp3) is 0.200. The average Bonchev–Trinajstić information content (AvgIpc) is 2.64. The van der Waals surface area contributed by atoms with Gasteiger partial charge in [-0.05, 0) is 50.2 Å². The van der Waals surface area contributed by atoms with Crippen LogP contribution in [-0.2, 0) is 0 Å². The van der Waals surface area contributed by atoms with E-state index in [1.54, 1.807) is 54.6 Å². The fourth-order valence-corrected chi connectivity index (χ4v) is 2.12. The first-order chi connectivity index (χ1) is 12.5. The number of ether oxygens (including phenoxy) is 2. The number of hydrogen-bond donors (Lipinski definition) is 2. The van der Waals surface area contributed by atoms with Crippen LogP contribution in [0.15, 0.2) is 61.2 Å². The number of hydrogen-bond acceptors (Lipinski definition) is 4. The van der Waals surface area contributed by atoms with E-state index in [1.165, 1.54) is 0 Å². The molecule has 0 fully saturated rings. The summed E-state index contributed by atoms with van der Waals surface area (Å²) >= 11 is 0. The van der Waals surface area contributed by atoms with Gasteiger partial charge in [0.25, 0.3) is 11.8 Å². The zero-order valence-electron chi connectivity index (χ0n) is 14.8. The first-order valence-corrected chi connectivity index (χ1v) is 8.21. The van der Waals surface area contributed by atoms with Crippen molar-refractivity contribution in [3.63, 3.8) is 0 Å². The topological polar surface area (TPSA) is 76.7 Å². The van der Waals surface area contributed by atoms with Gasteiger partial charge in [0.05, 0.1) is 11.7 Å². The second-order valence-corrected chi connectivity index (χ2v) is 5.70. The van der Waals surface area contributed by atoms with E-state index in [1.807, 2.05) is 13.8 Å². The number of nitrogens with one attached hydrogen (secondary N) is 2. The molecule has 0 aliphatic heterocycles. The summed E-state index contributed by atoms with van der Waals surface area (Å²) in [5, 5.41) is 0. The first kappa shape index (κ1) is 19.1. The molecule has 2 aromatic carbocycles. The van der Waals surface area contributed by atoms with Crippen LogP contribution in [0.2, 0.25) is 0 Å². The monoisotopic (exact) mass is 354 g/mol. The van der Waals surface area contributed by atoms with Gasteiger partial charge in [0.15, 0.2) is 0 Å². The maximum absolute atomic E-state index is 12.3. The summed E-state index contributed by atoms with van der Waals surface area (Å²) in [6, 6.07) is 13.4. The van der Waals surface area contributed by atoms with E-state index in [4.69, 9.17) is 9.47 Å². The molecule has 0 saturated heterocycles. The standard InChI is InChI=1S/C20H22N2O4/c1-4-13-25-16-11-9-15(10-12-16)19(23)21-22-20(24)17-7-5-6-8-18(17)26-14(2)3/h4-12,14H,1,13H2,2-3H3,(H,21,23)(H,22,24). The number of para-hydroxylation sites is 1. The minimum atomic E-state index is -0.458. The highest BCUT2D eigenvalue weighted by Gasteiger charge is 2.14. The van der Waals surface area contributed by atoms with E-state index >= 15 is 0 Å². The summed E-state index contributed by atoms with van der Waals surface area (Å²) in [4.78, 5) is 24.5. The smallest absolute Gasteiger partial charge is 0.273 e. The molecule has 0 aliphatic carbocycles. The molecule has 26 heavy (non-hydrogen) atoms. The van der Waals surface area contributed by atoms with Crippen molar-refractivity contribution in [2.24, 2.45) is 0 Å². The highest BCUT2D eigenvalue weighted by atomic mass is 16.5. The lowest BCUT2D eigenvalue weighted by atomic mass is 10.2. The van der Waals surface area contributed by atoms with Crippen LogP contribution >= 0.6 is 0 Å². The van der Waals surface area contributed by atoms with Crippen LogP contribution in [0.3, 0.4) is 0 Å². The second-order valence-electron chi connectivity index (χ2n) is 5.70. The van der Waals surface area contributed by atoms with E-state index in [9.17, 15) is 9.59 Å². The van der Waals surface area contributed by atoms with Gasteiger partial charge < -0.3 is 9.47 Å². The SMILES string of the molecule is C=CCOc1ccc(C(=O)NNC(=O)c2ccccc2OC(C)C)cc1. The molecule has 6 nitrogen and oxygen atoms in total. The number of amides is 2. The highest BCUT2D eigenvalue weighted by Crippen LogP contribution is 2.19. The second kappa shape index (κ2) is 9.27. The Morgan fingerprint density at radius 1 is 1.04 bits per heavy atom. The molecule has 2 rings (SSSR count). The quantitative estimate of drug-likeness (QED) is 0.592. The van der Waals surface area contributed by atoms with E-state index < -0.39 is 11.8 Å². The van der Waals surface area contributed by atoms with E-state index in [0.29, 0.717) is 29.2 Å². The molecule has 0 aliphatic rings. The van der Waals surface area contributed by atoms with Gasteiger partial charge in [-0.3, -0.25) is 20.4 Å². The Labute approximate surface area is 152 Å². The molecule has 2 N–H and O–H groups in total. The van der Waals surface area contributed by atoms with Crippen LogP contribution in [0.4, 0.5) is 0 Å². The lowest BCUT2D eigenvalue weighted by Crippen LogP contribution is -2.41.